The minimum Gasteiger partial charge on any atom is -0.485 e. The third-order valence-corrected chi connectivity index (χ3v) is 8.40. The van der Waals surface area contributed by atoms with Crippen molar-refractivity contribution in [3.63, 3.8) is 0 Å². The normalized spacial score (nSPS) is 24.7. The molecule has 11 heteroatoms. The second kappa shape index (κ2) is 8.80. The number of pyridine rings is 1. The first-order valence-electron chi connectivity index (χ1n) is 13.9. The smallest absolute Gasteiger partial charge is 0.230 e. The van der Waals surface area contributed by atoms with Gasteiger partial charge in [-0.15, -0.1) is 5.10 Å². The predicted octanol–water partition coefficient (Wildman–Crippen LogP) is 3.40. The predicted molar refractivity (Wildman–Crippen MR) is 144 cm³/mol. The highest BCUT2D eigenvalue weighted by atomic mass is 16.5. The number of ether oxygens (including phenoxy) is 1. The number of amides is 2. The van der Waals surface area contributed by atoms with Crippen LogP contribution < -0.4 is 15.0 Å². The number of nitrogens with zero attached hydrogens (tertiary/aromatic N) is 7. The van der Waals surface area contributed by atoms with Crippen LogP contribution in [0.4, 0.5) is 11.5 Å². The lowest BCUT2D eigenvalue weighted by atomic mass is 10.1. The number of rotatable bonds is 8. The van der Waals surface area contributed by atoms with E-state index < -0.39 is 0 Å². The zero-order chi connectivity index (χ0) is 27.0. The van der Waals surface area contributed by atoms with Crippen LogP contribution in [-0.4, -0.2) is 47.9 Å². The number of aromatic nitrogens is 6. The van der Waals surface area contributed by atoms with Gasteiger partial charge >= 0.3 is 0 Å². The van der Waals surface area contributed by atoms with Gasteiger partial charge in [0.05, 0.1) is 17.6 Å². The fourth-order valence-electron chi connectivity index (χ4n) is 5.84. The van der Waals surface area contributed by atoms with Crippen LogP contribution >= 0.6 is 0 Å². The maximum Gasteiger partial charge on any atom is 0.230 e. The molecule has 4 aliphatic rings. The highest BCUT2D eigenvalue weighted by Crippen LogP contribution is 2.49. The lowest BCUT2D eigenvalue weighted by molar-refractivity contribution is -0.119. The summed E-state index contributed by atoms with van der Waals surface area (Å²) in [5, 5.41) is 10.9. The Morgan fingerprint density at radius 3 is 2.85 bits per heavy atom. The summed E-state index contributed by atoms with van der Waals surface area (Å²) < 4.78 is 8.02. The van der Waals surface area contributed by atoms with Gasteiger partial charge in [-0.05, 0) is 62.1 Å². The van der Waals surface area contributed by atoms with Crippen molar-refractivity contribution in [1.82, 2.24) is 29.5 Å². The summed E-state index contributed by atoms with van der Waals surface area (Å²) in [5.41, 5.74) is 4.56. The van der Waals surface area contributed by atoms with Crippen LogP contribution in [0.1, 0.15) is 60.3 Å². The average molecular weight is 537 g/mol. The minimum atomic E-state index is -0.186. The van der Waals surface area contributed by atoms with Gasteiger partial charge < -0.3 is 19.4 Å². The van der Waals surface area contributed by atoms with Crippen LogP contribution in [0.2, 0.25) is 0 Å². The third kappa shape index (κ3) is 4.25. The largest absolute Gasteiger partial charge is 0.485 e. The molecule has 4 atom stereocenters. The Hall–Kier alpha value is -4.41. The number of nitrogens with one attached hydrogen (secondary N) is 1. The molecule has 4 aromatic rings. The van der Waals surface area contributed by atoms with Crippen LogP contribution in [0.5, 0.6) is 5.75 Å². The zero-order valence-electron chi connectivity index (χ0n) is 22.0. The standard InChI is InChI=1S/C29H28N8O3/c1-15-4-5-30-26(32-15)22-9-23(22)28(38)34-25-8-20(10-31-35-25)40-14-19-13-36-11-17(16-2-3-16)7-24(27(36)33-19)37-12-18-6-21(18)29(37)39/h4-5,7-8,10-11,13,16,18,21-23H,2-3,6,9,12,14H2,1H3,(H,34,35,38)/t18-,21-,22?,23?/m0/s1. The molecule has 2 unspecified atom stereocenters. The lowest BCUT2D eigenvalue weighted by Crippen LogP contribution is -2.28. The number of carbonyl (C=O) groups excluding carboxylic acids is 2. The minimum absolute atomic E-state index is 0.0225. The number of piperidine rings is 1. The summed E-state index contributed by atoms with van der Waals surface area (Å²) in [6.07, 6.45) is 11.4. The van der Waals surface area contributed by atoms with Crippen molar-refractivity contribution in [3.05, 3.63) is 65.8 Å². The summed E-state index contributed by atoms with van der Waals surface area (Å²) in [6, 6.07) is 5.66. The second-order valence-electron chi connectivity index (χ2n) is 11.5. The number of fused-ring (bicyclic) bond motifs is 2. The number of hydrogen-bond acceptors (Lipinski definition) is 8. The van der Waals surface area contributed by atoms with E-state index in [0.29, 0.717) is 35.6 Å². The SMILES string of the molecule is Cc1ccnc(C2CC2C(=O)Nc2cc(OCc3cn4cc(C5CC5)cc(N5C[C@@H]6C[C@@H]6C5=O)c4n3)cnn2)n1. The summed E-state index contributed by atoms with van der Waals surface area (Å²) in [6.45, 7) is 2.91. The molecule has 3 saturated carbocycles. The number of anilines is 2. The third-order valence-electron chi connectivity index (χ3n) is 8.40. The van der Waals surface area contributed by atoms with Gasteiger partial charge in [-0.3, -0.25) is 9.59 Å². The molecule has 202 valence electrons. The summed E-state index contributed by atoms with van der Waals surface area (Å²) >= 11 is 0. The molecule has 8 rings (SSSR count). The quantitative estimate of drug-likeness (QED) is 0.363. The molecule has 1 N–H and O–H groups in total. The van der Waals surface area contributed by atoms with Crippen LogP contribution in [0.25, 0.3) is 5.65 Å². The highest BCUT2D eigenvalue weighted by molar-refractivity contribution is 6.02. The van der Waals surface area contributed by atoms with Crippen molar-refractivity contribution < 1.29 is 14.3 Å². The van der Waals surface area contributed by atoms with E-state index >= 15 is 0 Å². The number of carbonyl (C=O) groups is 2. The fourth-order valence-corrected chi connectivity index (χ4v) is 5.84. The molecule has 5 heterocycles. The van der Waals surface area contributed by atoms with Crippen LogP contribution in [0.3, 0.4) is 0 Å². The molecule has 0 aromatic carbocycles. The summed E-state index contributed by atoms with van der Waals surface area (Å²) in [5.74, 6) is 2.68. The molecule has 0 spiro atoms. The number of aryl methyl sites for hydroxylation is 1. The van der Waals surface area contributed by atoms with E-state index in [0.717, 1.165) is 35.7 Å². The molecule has 0 bridgehead atoms. The Balaban J connectivity index is 0.962. The van der Waals surface area contributed by atoms with E-state index in [9.17, 15) is 9.59 Å². The summed E-state index contributed by atoms with van der Waals surface area (Å²) in [7, 11) is 0. The van der Waals surface area contributed by atoms with Gasteiger partial charge in [-0.1, -0.05) is 0 Å². The Bertz CT molecular complexity index is 1680. The first-order valence-corrected chi connectivity index (χ1v) is 13.9. The molecule has 4 fully saturated rings. The van der Waals surface area contributed by atoms with Crippen molar-refractivity contribution >= 4 is 29.0 Å². The van der Waals surface area contributed by atoms with Gasteiger partial charge in [0.25, 0.3) is 0 Å². The van der Waals surface area contributed by atoms with E-state index in [1.54, 1.807) is 12.3 Å². The average Bonchev–Trinajstić information content (AvgIpc) is 3.85. The van der Waals surface area contributed by atoms with Gasteiger partial charge in [0.2, 0.25) is 11.8 Å². The van der Waals surface area contributed by atoms with Crippen molar-refractivity contribution in [2.75, 3.05) is 16.8 Å². The molecule has 2 amide bonds. The Morgan fingerprint density at radius 2 is 2.05 bits per heavy atom. The van der Waals surface area contributed by atoms with Crippen molar-refractivity contribution in [2.24, 2.45) is 17.8 Å². The van der Waals surface area contributed by atoms with E-state index in [4.69, 9.17) is 9.72 Å². The second-order valence-corrected chi connectivity index (χ2v) is 11.5. The zero-order valence-corrected chi connectivity index (χ0v) is 22.0. The van der Waals surface area contributed by atoms with Crippen LogP contribution in [0, 0.1) is 24.7 Å². The lowest BCUT2D eigenvalue weighted by Gasteiger charge is -2.20. The molecule has 1 saturated heterocycles. The monoisotopic (exact) mass is 536 g/mol. The maximum atomic E-state index is 12.9. The van der Waals surface area contributed by atoms with Crippen molar-refractivity contribution in [1.29, 1.82) is 0 Å². The van der Waals surface area contributed by atoms with Gasteiger partial charge in [0.1, 0.15) is 18.2 Å². The van der Waals surface area contributed by atoms with Gasteiger partial charge in [-0.25, -0.2) is 15.0 Å². The van der Waals surface area contributed by atoms with Gasteiger partial charge in [-0.2, -0.15) is 5.10 Å². The van der Waals surface area contributed by atoms with Crippen molar-refractivity contribution in [3.8, 4) is 5.75 Å². The first kappa shape index (κ1) is 23.5. The Labute approximate surface area is 230 Å². The first-order chi connectivity index (χ1) is 19.5. The molecule has 4 aromatic heterocycles. The Morgan fingerprint density at radius 1 is 1.15 bits per heavy atom. The van der Waals surface area contributed by atoms with E-state index in [-0.39, 0.29) is 36.2 Å². The molecule has 0 radical (unpaired) electrons. The van der Waals surface area contributed by atoms with Gasteiger partial charge in [0.15, 0.2) is 11.5 Å². The topological polar surface area (TPSA) is 128 Å². The maximum absolute atomic E-state index is 12.9. The summed E-state index contributed by atoms with van der Waals surface area (Å²) in [4.78, 5) is 41.2. The van der Waals surface area contributed by atoms with E-state index in [1.807, 2.05) is 28.5 Å². The van der Waals surface area contributed by atoms with Gasteiger partial charge in [0, 0.05) is 54.6 Å². The van der Waals surface area contributed by atoms with Crippen LogP contribution in [0.15, 0.2) is 43.0 Å². The molecule has 1 aliphatic heterocycles. The molecular weight excluding hydrogens is 508 g/mol. The molecular formula is C29H28N8O3. The number of hydrogen-bond donors (Lipinski definition) is 1. The molecule has 40 heavy (non-hydrogen) atoms. The number of imidazole rings is 1. The fraction of sp³-hybridized carbons (Fsp3) is 0.414. The van der Waals surface area contributed by atoms with Crippen molar-refractivity contribution in [2.45, 2.75) is 51.0 Å². The van der Waals surface area contributed by atoms with Crippen LogP contribution in [-0.2, 0) is 16.2 Å². The highest BCUT2D eigenvalue weighted by Gasteiger charge is 2.53. The molecule has 11 nitrogen and oxygen atoms in total. The Kier molecular flexibility index (Phi) is 5.17. The van der Waals surface area contributed by atoms with E-state index in [2.05, 4.69) is 37.7 Å². The van der Waals surface area contributed by atoms with E-state index in [1.165, 1.54) is 24.6 Å². The molecule has 3 aliphatic carbocycles.